The molecule has 0 bridgehead atoms. The van der Waals surface area contributed by atoms with E-state index in [0.29, 0.717) is 5.92 Å². The molecule has 0 radical (unpaired) electrons. The van der Waals surface area contributed by atoms with Crippen LogP contribution in [0.1, 0.15) is 41.6 Å². The van der Waals surface area contributed by atoms with E-state index in [4.69, 9.17) is 0 Å². The third-order valence-corrected chi connectivity index (χ3v) is 5.48. The molecule has 5 nitrogen and oxygen atoms in total. The minimum Gasteiger partial charge on any atom is -0.357 e. The number of amides is 1. The molecular weight excluding hydrogens is 324 g/mol. The van der Waals surface area contributed by atoms with Gasteiger partial charge in [-0.25, -0.2) is 4.98 Å². The molecule has 1 atom stereocenters. The van der Waals surface area contributed by atoms with E-state index in [1.54, 1.807) is 6.20 Å². The van der Waals surface area contributed by atoms with Crippen molar-refractivity contribution in [1.82, 2.24) is 14.9 Å². The second kappa shape index (κ2) is 7.85. The Morgan fingerprint density at radius 2 is 2.00 bits per heavy atom. The Balaban J connectivity index is 1.43. The second-order valence-corrected chi connectivity index (χ2v) is 7.42. The molecule has 2 aliphatic heterocycles. The smallest absolute Gasteiger partial charge is 0.254 e. The first-order valence-electron chi connectivity index (χ1n) is 9.69. The monoisotopic (exact) mass is 350 g/mol. The van der Waals surface area contributed by atoms with E-state index in [2.05, 4.69) is 20.9 Å². The minimum atomic E-state index is 0.142. The SMILES string of the molecule is O=C(c1ccnc(N2CCCC2)c1)N1CCCC(Cc2cccnc2)C1. The van der Waals surface area contributed by atoms with Crippen LogP contribution in [0.15, 0.2) is 42.9 Å². The zero-order valence-electron chi connectivity index (χ0n) is 15.2. The van der Waals surface area contributed by atoms with E-state index in [9.17, 15) is 4.79 Å². The van der Waals surface area contributed by atoms with Crippen molar-refractivity contribution >= 4 is 11.7 Å². The molecule has 4 rings (SSSR count). The molecule has 2 aromatic rings. The number of likely N-dealkylation sites (tertiary alicyclic amines) is 1. The van der Waals surface area contributed by atoms with Gasteiger partial charge >= 0.3 is 0 Å². The maximum absolute atomic E-state index is 13.0. The van der Waals surface area contributed by atoms with Crippen molar-refractivity contribution in [3.63, 3.8) is 0 Å². The van der Waals surface area contributed by atoms with Gasteiger partial charge in [-0.05, 0) is 61.8 Å². The van der Waals surface area contributed by atoms with Crippen LogP contribution < -0.4 is 4.90 Å². The summed E-state index contributed by atoms with van der Waals surface area (Å²) < 4.78 is 0. The van der Waals surface area contributed by atoms with Crippen LogP contribution >= 0.6 is 0 Å². The molecule has 136 valence electrons. The first kappa shape index (κ1) is 17.0. The predicted molar refractivity (Wildman–Crippen MR) is 102 cm³/mol. The van der Waals surface area contributed by atoms with Gasteiger partial charge in [-0.15, -0.1) is 0 Å². The van der Waals surface area contributed by atoms with Crippen LogP contribution in [-0.4, -0.2) is 47.0 Å². The average molecular weight is 350 g/mol. The van der Waals surface area contributed by atoms with Crippen molar-refractivity contribution < 1.29 is 4.79 Å². The fourth-order valence-corrected chi connectivity index (χ4v) is 4.12. The van der Waals surface area contributed by atoms with Crippen LogP contribution in [0, 0.1) is 5.92 Å². The molecular formula is C21H26N4O. The quantitative estimate of drug-likeness (QED) is 0.850. The maximum Gasteiger partial charge on any atom is 0.254 e. The van der Waals surface area contributed by atoms with Crippen LogP contribution in [0.3, 0.4) is 0 Å². The molecule has 2 saturated heterocycles. The first-order valence-corrected chi connectivity index (χ1v) is 9.69. The number of pyridine rings is 2. The van der Waals surface area contributed by atoms with Crippen LogP contribution in [0.2, 0.25) is 0 Å². The topological polar surface area (TPSA) is 49.3 Å². The van der Waals surface area contributed by atoms with E-state index < -0.39 is 0 Å². The Morgan fingerprint density at radius 3 is 2.81 bits per heavy atom. The Bertz CT molecular complexity index is 743. The second-order valence-electron chi connectivity index (χ2n) is 7.42. The molecule has 2 aliphatic rings. The third kappa shape index (κ3) is 3.87. The lowest BCUT2D eigenvalue weighted by Gasteiger charge is -2.33. The highest BCUT2D eigenvalue weighted by Gasteiger charge is 2.25. The van der Waals surface area contributed by atoms with Gasteiger partial charge in [0, 0.05) is 50.3 Å². The number of rotatable bonds is 4. The summed E-state index contributed by atoms with van der Waals surface area (Å²) in [6.45, 7) is 3.77. The highest BCUT2D eigenvalue weighted by Crippen LogP contribution is 2.24. The Morgan fingerprint density at radius 1 is 1.12 bits per heavy atom. The number of carbonyl (C=O) groups excluding carboxylic acids is 1. The van der Waals surface area contributed by atoms with Crippen molar-refractivity contribution in [2.24, 2.45) is 5.92 Å². The van der Waals surface area contributed by atoms with Crippen LogP contribution in [0.4, 0.5) is 5.82 Å². The summed E-state index contributed by atoms with van der Waals surface area (Å²) in [7, 11) is 0. The highest BCUT2D eigenvalue weighted by atomic mass is 16.2. The summed E-state index contributed by atoms with van der Waals surface area (Å²) in [5.41, 5.74) is 2.02. The van der Waals surface area contributed by atoms with Gasteiger partial charge in [-0.3, -0.25) is 9.78 Å². The van der Waals surface area contributed by atoms with E-state index in [-0.39, 0.29) is 5.91 Å². The Labute approximate surface area is 155 Å². The third-order valence-electron chi connectivity index (χ3n) is 5.48. The maximum atomic E-state index is 13.0. The minimum absolute atomic E-state index is 0.142. The molecule has 1 amide bonds. The van der Waals surface area contributed by atoms with Gasteiger partial charge in [-0.2, -0.15) is 0 Å². The van der Waals surface area contributed by atoms with Crippen LogP contribution in [-0.2, 0) is 6.42 Å². The summed E-state index contributed by atoms with van der Waals surface area (Å²) in [6.07, 6.45) is 11.2. The number of nitrogens with zero attached hydrogens (tertiary/aromatic N) is 4. The fourth-order valence-electron chi connectivity index (χ4n) is 4.12. The lowest BCUT2D eigenvalue weighted by molar-refractivity contribution is 0.0673. The molecule has 0 aliphatic carbocycles. The van der Waals surface area contributed by atoms with Crippen molar-refractivity contribution in [2.75, 3.05) is 31.1 Å². The van der Waals surface area contributed by atoms with Gasteiger partial charge in [0.05, 0.1) is 0 Å². The molecule has 0 N–H and O–H groups in total. The standard InChI is InChI=1S/C21H26N4O/c26-21(19-7-9-23-20(14-19)24-10-1-2-11-24)25-12-4-6-18(16-25)13-17-5-3-8-22-15-17/h3,5,7-9,14-15,18H,1-2,4,6,10-13,16H2. The van der Waals surface area contributed by atoms with Crippen molar-refractivity contribution in [1.29, 1.82) is 0 Å². The first-order chi connectivity index (χ1) is 12.8. The molecule has 0 spiro atoms. The molecule has 2 fully saturated rings. The normalized spacial score (nSPS) is 20.4. The number of anilines is 1. The van der Waals surface area contributed by atoms with Gasteiger partial charge in [0.25, 0.3) is 5.91 Å². The predicted octanol–water partition coefficient (Wildman–Crippen LogP) is 3.17. The molecule has 1 unspecified atom stereocenters. The molecule has 5 heteroatoms. The molecule has 2 aromatic heterocycles. The van der Waals surface area contributed by atoms with Crippen molar-refractivity contribution in [3.8, 4) is 0 Å². The van der Waals surface area contributed by atoms with Crippen molar-refractivity contribution in [3.05, 3.63) is 54.0 Å². The largest absolute Gasteiger partial charge is 0.357 e. The summed E-state index contributed by atoms with van der Waals surface area (Å²) in [4.78, 5) is 26.0. The molecule has 0 saturated carbocycles. The molecule has 26 heavy (non-hydrogen) atoms. The molecule has 0 aromatic carbocycles. The Hall–Kier alpha value is -2.43. The van der Waals surface area contributed by atoms with E-state index in [1.165, 1.54) is 24.8 Å². The summed E-state index contributed by atoms with van der Waals surface area (Å²) in [6, 6.07) is 7.93. The lowest BCUT2D eigenvalue weighted by atomic mass is 9.91. The summed E-state index contributed by atoms with van der Waals surface area (Å²) >= 11 is 0. The summed E-state index contributed by atoms with van der Waals surface area (Å²) in [5.74, 6) is 1.60. The van der Waals surface area contributed by atoms with Crippen LogP contribution in [0.5, 0.6) is 0 Å². The van der Waals surface area contributed by atoms with E-state index in [0.717, 1.165) is 50.4 Å². The summed E-state index contributed by atoms with van der Waals surface area (Å²) in [5, 5.41) is 0. The zero-order chi connectivity index (χ0) is 17.8. The zero-order valence-corrected chi connectivity index (χ0v) is 15.2. The fraction of sp³-hybridized carbons (Fsp3) is 0.476. The van der Waals surface area contributed by atoms with Gasteiger partial charge in [0.15, 0.2) is 0 Å². The van der Waals surface area contributed by atoms with Gasteiger partial charge in [0.1, 0.15) is 5.82 Å². The van der Waals surface area contributed by atoms with Crippen molar-refractivity contribution in [2.45, 2.75) is 32.1 Å². The molecule has 4 heterocycles. The number of hydrogen-bond acceptors (Lipinski definition) is 4. The lowest BCUT2D eigenvalue weighted by Crippen LogP contribution is -2.40. The number of hydrogen-bond donors (Lipinski definition) is 0. The average Bonchev–Trinajstić information content (AvgIpc) is 3.23. The van der Waals surface area contributed by atoms with E-state index >= 15 is 0 Å². The van der Waals surface area contributed by atoms with Gasteiger partial charge < -0.3 is 9.80 Å². The van der Waals surface area contributed by atoms with E-state index in [1.807, 2.05) is 35.5 Å². The van der Waals surface area contributed by atoms with Gasteiger partial charge in [0.2, 0.25) is 0 Å². The highest BCUT2D eigenvalue weighted by molar-refractivity contribution is 5.95. The number of carbonyl (C=O) groups is 1. The van der Waals surface area contributed by atoms with Crippen LogP contribution in [0.25, 0.3) is 0 Å². The number of aromatic nitrogens is 2. The van der Waals surface area contributed by atoms with Gasteiger partial charge in [-0.1, -0.05) is 6.07 Å². The number of piperidine rings is 1. The Kier molecular flexibility index (Phi) is 5.14.